The van der Waals surface area contributed by atoms with Gasteiger partial charge >= 0.3 is 6.01 Å². The van der Waals surface area contributed by atoms with Crippen LogP contribution in [0.5, 0.6) is 11.8 Å². The summed E-state index contributed by atoms with van der Waals surface area (Å²) >= 11 is 0. The summed E-state index contributed by atoms with van der Waals surface area (Å²) in [7, 11) is 1.57. The Balaban J connectivity index is 1.58. The highest BCUT2D eigenvalue weighted by molar-refractivity contribution is 6.04. The van der Waals surface area contributed by atoms with Crippen LogP contribution in [0.25, 0.3) is 17.1 Å². The van der Waals surface area contributed by atoms with Gasteiger partial charge in [0.15, 0.2) is 5.82 Å². The van der Waals surface area contributed by atoms with E-state index in [1.165, 1.54) is 12.1 Å². The first-order chi connectivity index (χ1) is 16.4. The Morgan fingerprint density at radius 3 is 2.44 bits per heavy atom. The number of hydrogen-bond acceptors (Lipinski definition) is 5. The van der Waals surface area contributed by atoms with E-state index in [9.17, 15) is 9.18 Å². The van der Waals surface area contributed by atoms with Gasteiger partial charge in [-0.1, -0.05) is 26.0 Å². The summed E-state index contributed by atoms with van der Waals surface area (Å²) in [4.78, 5) is 17.0. The van der Waals surface area contributed by atoms with Crippen LogP contribution >= 0.6 is 0 Å². The summed E-state index contributed by atoms with van der Waals surface area (Å²) in [6.45, 7) is 4.52. The number of halogens is 1. The number of anilines is 1. The molecule has 1 aromatic heterocycles. The van der Waals surface area contributed by atoms with Gasteiger partial charge in [-0.15, -0.1) is 5.10 Å². The summed E-state index contributed by atoms with van der Waals surface area (Å²) in [5.41, 5.74) is 2.40. The molecule has 0 aliphatic carbocycles. The Labute approximate surface area is 197 Å². The van der Waals surface area contributed by atoms with Crippen LogP contribution in [0.1, 0.15) is 24.2 Å². The lowest BCUT2D eigenvalue weighted by molar-refractivity contribution is 0.102. The van der Waals surface area contributed by atoms with E-state index in [2.05, 4.69) is 15.4 Å². The zero-order valence-corrected chi connectivity index (χ0v) is 19.2. The van der Waals surface area contributed by atoms with Crippen LogP contribution in [0.3, 0.4) is 0 Å². The Morgan fingerprint density at radius 1 is 1.06 bits per heavy atom. The molecule has 0 radical (unpaired) electrons. The van der Waals surface area contributed by atoms with Gasteiger partial charge in [0.1, 0.15) is 11.6 Å². The number of hydrogen-bond donors (Lipinski definition) is 1. The molecule has 8 heteroatoms. The van der Waals surface area contributed by atoms with Crippen LogP contribution in [0.4, 0.5) is 10.1 Å². The molecule has 1 heterocycles. The van der Waals surface area contributed by atoms with Crippen molar-refractivity contribution in [1.82, 2.24) is 14.8 Å². The van der Waals surface area contributed by atoms with Crippen molar-refractivity contribution < 1.29 is 18.7 Å². The number of methoxy groups -OCH3 is 1. The van der Waals surface area contributed by atoms with Crippen molar-refractivity contribution >= 4 is 11.6 Å². The second-order valence-corrected chi connectivity index (χ2v) is 8.07. The van der Waals surface area contributed by atoms with Crippen LogP contribution in [0.15, 0.2) is 72.8 Å². The SMILES string of the molecule is COc1ccc(C(=O)Nc2ccc(-n3nc(OCC(C)C)nc3-c3cccc(F)c3)cc2)cc1. The smallest absolute Gasteiger partial charge is 0.336 e. The fraction of sp³-hybridized carbons (Fsp3) is 0.192. The minimum atomic E-state index is -0.367. The van der Waals surface area contributed by atoms with E-state index in [-0.39, 0.29) is 17.7 Å². The van der Waals surface area contributed by atoms with Gasteiger partial charge in [0.25, 0.3) is 5.91 Å². The van der Waals surface area contributed by atoms with E-state index >= 15 is 0 Å². The van der Waals surface area contributed by atoms with Crippen LogP contribution in [-0.4, -0.2) is 34.4 Å². The maximum Gasteiger partial charge on any atom is 0.336 e. The molecular formula is C26H25FN4O3. The predicted molar refractivity (Wildman–Crippen MR) is 128 cm³/mol. The van der Waals surface area contributed by atoms with Gasteiger partial charge in [-0.25, -0.2) is 9.07 Å². The monoisotopic (exact) mass is 460 g/mol. The van der Waals surface area contributed by atoms with Gasteiger partial charge < -0.3 is 14.8 Å². The second-order valence-electron chi connectivity index (χ2n) is 8.07. The molecule has 0 unspecified atom stereocenters. The average molecular weight is 461 g/mol. The lowest BCUT2D eigenvalue weighted by atomic mass is 10.2. The summed E-state index contributed by atoms with van der Waals surface area (Å²) in [5.74, 6) is 0.834. The average Bonchev–Trinajstić information content (AvgIpc) is 3.28. The molecule has 0 atom stereocenters. The zero-order valence-electron chi connectivity index (χ0n) is 19.2. The molecule has 174 valence electrons. The molecular weight excluding hydrogens is 435 g/mol. The van der Waals surface area contributed by atoms with Crippen molar-refractivity contribution in [2.24, 2.45) is 5.92 Å². The first kappa shape index (κ1) is 23.0. The van der Waals surface area contributed by atoms with Crippen molar-refractivity contribution in [3.63, 3.8) is 0 Å². The third-order valence-corrected chi connectivity index (χ3v) is 4.94. The van der Waals surface area contributed by atoms with Crippen molar-refractivity contribution in [3.05, 3.63) is 84.2 Å². The number of carbonyl (C=O) groups excluding carboxylic acids is 1. The maximum atomic E-state index is 13.9. The molecule has 1 N–H and O–H groups in total. The first-order valence-electron chi connectivity index (χ1n) is 10.8. The summed E-state index contributed by atoms with van der Waals surface area (Å²) in [6.07, 6.45) is 0. The minimum Gasteiger partial charge on any atom is -0.497 e. The highest BCUT2D eigenvalue weighted by Gasteiger charge is 2.16. The van der Waals surface area contributed by atoms with Gasteiger partial charge in [-0.3, -0.25) is 4.79 Å². The Morgan fingerprint density at radius 2 is 1.79 bits per heavy atom. The molecule has 34 heavy (non-hydrogen) atoms. The van der Waals surface area contributed by atoms with Crippen molar-refractivity contribution in [1.29, 1.82) is 0 Å². The van der Waals surface area contributed by atoms with Crippen LogP contribution < -0.4 is 14.8 Å². The molecule has 4 aromatic rings. The highest BCUT2D eigenvalue weighted by Crippen LogP contribution is 2.25. The van der Waals surface area contributed by atoms with E-state index < -0.39 is 0 Å². The second kappa shape index (κ2) is 10.2. The summed E-state index contributed by atoms with van der Waals surface area (Å²) in [5, 5.41) is 7.34. The van der Waals surface area contributed by atoms with E-state index in [0.717, 1.165) is 0 Å². The number of nitrogens with zero attached hydrogens (tertiary/aromatic N) is 3. The molecule has 0 spiro atoms. The lowest BCUT2D eigenvalue weighted by Gasteiger charge is -2.09. The predicted octanol–water partition coefficient (Wildman–Crippen LogP) is 5.37. The fourth-order valence-corrected chi connectivity index (χ4v) is 3.22. The van der Waals surface area contributed by atoms with Crippen molar-refractivity contribution in [2.75, 3.05) is 19.0 Å². The number of ether oxygens (including phenoxy) is 2. The van der Waals surface area contributed by atoms with Crippen molar-refractivity contribution in [3.8, 4) is 28.8 Å². The van der Waals surface area contributed by atoms with E-state index in [1.807, 2.05) is 13.8 Å². The van der Waals surface area contributed by atoms with Crippen LogP contribution in [-0.2, 0) is 0 Å². The topological polar surface area (TPSA) is 78.3 Å². The van der Waals surface area contributed by atoms with E-state index in [4.69, 9.17) is 9.47 Å². The van der Waals surface area contributed by atoms with Gasteiger partial charge in [-0.05, 0) is 66.6 Å². The minimum absolute atomic E-state index is 0.213. The van der Waals surface area contributed by atoms with Crippen LogP contribution in [0, 0.1) is 11.7 Å². The number of rotatable bonds is 8. The largest absolute Gasteiger partial charge is 0.497 e. The zero-order chi connectivity index (χ0) is 24.1. The maximum absolute atomic E-state index is 13.9. The molecule has 0 aliphatic heterocycles. The number of benzene rings is 3. The number of nitrogens with one attached hydrogen (secondary N) is 1. The third-order valence-electron chi connectivity index (χ3n) is 4.94. The third kappa shape index (κ3) is 5.40. The Bertz CT molecular complexity index is 1270. The lowest BCUT2D eigenvalue weighted by Crippen LogP contribution is -2.11. The molecule has 0 bridgehead atoms. The molecule has 1 amide bonds. The molecule has 4 rings (SSSR count). The molecule has 0 saturated heterocycles. The molecule has 0 fully saturated rings. The van der Waals surface area contributed by atoms with Crippen molar-refractivity contribution in [2.45, 2.75) is 13.8 Å². The number of amides is 1. The Hall–Kier alpha value is -4.20. The first-order valence-corrected chi connectivity index (χ1v) is 10.8. The quantitative estimate of drug-likeness (QED) is 0.383. The van der Waals surface area contributed by atoms with E-state index in [1.54, 1.807) is 72.5 Å². The molecule has 0 aliphatic rings. The normalized spacial score (nSPS) is 10.9. The number of carbonyl (C=O) groups is 1. The fourth-order valence-electron chi connectivity index (χ4n) is 3.22. The summed E-state index contributed by atoms with van der Waals surface area (Å²) in [6, 6.07) is 20.4. The van der Waals surface area contributed by atoms with Gasteiger partial charge in [-0.2, -0.15) is 4.98 Å². The standard InChI is InChI=1S/C26H25FN4O3/c1-17(2)16-34-26-29-24(19-5-4-6-20(27)15-19)31(30-26)22-11-9-21(10-12-22)28-25(32)18-7-13-23(33-3)14-8-18/h4-15,17H,16H2,1-3H3,(H,28,32). The molecule has 0 saturated carbocycles. The number of aromatic nitrogens is 3. The molecule has 3 aromatic carbocycles. The summed E-state index contributed by atoms with van der Waals surface area (Å²) < 4.78 is 26.3. The van der Waals surface area contributed by atoms with Gasteiger partial charge in [0, 0.05) is 16.8 Å². The van der Waals surface area contributed by atoms with Crippen LogP contribution in [0.2, 0.25) is 0 Å². The Kier molecular flexibility index (Phi) is 6.87. The molecule has 7 nitrogen and oxygen atoms in total. The van der Waals surface area contributed by atoms with Gasteiger partial charge in [0.2, 0.25) is 0 Å². The van der Waals surface area contributed by atoms with E-state index in [0.29, 0.717) is 46.6 Å². The highest BCUT2D eigenvalue weighted by atomic mass is 19.1. The van der Waals surface area contributed by atoms with Gasteiger partial charge in [0.05, 0.1) is 19.4 Å².